The predicted octanol–water partition coefficient (Wildman–Crippen LogP) is 4.25. The van der Waals surface area contributed by atoms with E-state index in [1.165, 1.54) is 0 Å². The Hall–Kier alpha value is -2.59. The summed E-state index contributed by atoms with van der Waals surface area (Å²) in [5.74, 6) is 0.0594. The van der Waals surface area contributed by atoms with Gasteiger partial charge in [-0.25, -0.2) is 0 Å². The first-order chi connectivity index (χ1) is 11.7. The fourth-order valence-corrected chi connectivity index (χ4v) is 3.31. The van der Waals surface area contributed by atoms with Crippen LogP contribution in [-0.4, -0.2) is 22.6 Å². The van der Waals surface area contributed by atoms with Crippen molar-refractivity contribution in [1.82, 2.24) is 10.2 Å². The van der Waals surface area contributed by atoms with Crippen molar-refractivity contribution < 1.29 is 4.79 Å². The number of carbonyl (C=O) groups is 1. The van der Waals surface area contributed by atoms with Crippen LogP contribution in [0.1, 0.15) is 17.9 Å². The van der Waals surface area contributed by atoms with Gasteiger partial charge in [-0.2, -0.15) is 5.10 Å². The van der Waals surface area contributed by atoms with E-state index in [0.29, 0.717) is 5.02 Å². The molecule has 0 bridgehead atoms. The monoisotopic (exact) mass is 337 g/mol. The molecule has 1 saturated heterocycles. The van der Waals surface area contributed by atoms with Gasteiger partial charge in [-0.1, -0.05) is 35.9 Å². The average molecular weight is 338 g/mol. The maximum absolute atomic E-state index is 12.8. The van der Waals surface area contributed by atoms with Gasteiger partial charge in [0, 0.05) is 29.0 Å². The summed E-state index contributed by atoms with van der Waals surface area (Å²) >= 11 is 5.93. The summed E-state index contributed by atoms with van der Waals surface area (Å²) in [6.45, 7) is 0.733. The molecule has 0 radical (unpaired) electrons. The number of hydrogen-bond acceptors (Lipinski definition) is 2. The van der Waals surface area contributed by atoms with Crippen LogP contribution < -0.4 is 4.90 Å². The van der Waals surface area contributed by atoms with E-state index in [2.05, 4.69) is 10.2 Å². The third kappa shape index (κ3) is 2.69. The van der Waals surface area contributed by atoms with Gasteiger partial charge >= 0.3 is 0 Å². The zero-order valence-electron chi connectivity index (χ0n) is 12.9. The first-order valence-corrected chi connectivity index (χ1v) is 8.26. The Morgan fingerprint density at radius 2 is 1.79 bits per heavy atom. The maximum atomic E-state index is 12.8. The highest BCUT2D eigenvalue weighted by atomic mass is 35.5. The van der Waals surface area contributed by atoms with Crippen LogP contribution in [-0.2, 0) is 4.79 Å². The summed E-state index contributed by atoms with van der Waals surface area (Å²) < 4.78 is 0. The van der Waals surface area contributed by atoms with E-state index in [-0.39, 0.29) is 11.8 Å². The van der Waals surface area contributed by atoms with Crippen LogP contribution in [0.25, 0.3) is 11.1 Å². The van der Waals surface area contributed by atoms with Crippen LogP contribution in [0.2, 0.25) is 5.02 Å². The Morgan fingerprint density at radius 1 is 1.04 bits per heavy atom. The van der Waals surface area contributed by atoms with E-state index in [1.807, 2.05) is 59.6 Å². The highest BCUT2D eigenvalue weighted by Crippen LogP contribution is 2.33. The largest absolute Gasteiger partial charge is 0.312 e. The van der Waals surface area contributed by atoms with Gasteiger partial charge in [0.05, 0.1) is 12.1 Å². The van der Waals surface area contributed by atoms with E-state index in [4.69, 9.17) is 11.6 Å². The fourth-order valence-electron chi connectivity index (χ4n) is 3.18. The van der Waals surface area contributed by atoms with Gasteiger partial charge in [-0.05, 0) is 41.8 Å². The van der Waals surface area contributed by atoms with Crippen molar-refractivity contribution in [1.29, 1.82) is 0 Å². The quantitative estimate of drug-likeness (QED) is 0.776. The Kier molecular flexibility index (Phi) is 3.82. The lowest BCUT2D eigenvalue weighted by molar-refractivity contribution is -0.118. The van der Waals surface area contributed by atoms with Crippen molar-refractivity contribution in [3.05, 3.63) is 71.5 Å². The topological polar surface area (TPSA) is 49.0 Å². The Morgan fingerprint density at radius 3 is 2.46 bits per heavy atom. The zero-order valence-corrected chi connectivity index (χ0v) is 13.7. The van der Waals surface area contributed by atoms with Crippen molar-refractivity contribution in [2.45, 2.75) is 12.3 Å². The smallest absolute Gasteiger partial charge is 0.234 e. The number of hydrogen-bond donors (Lipinski definition) is 1. The van der Waals surface area contributed by atoms with E-state index in [1.54, 1.807) is 6.20 Å². The highest BCUT2D eigenvalue weighted by molar-refractivity contribution is 6.30. The molecule has 3 aromatic rings. The molecular formula is C19H16ClN3O. The number of H-pyrrole nitrogens is 1. The zero-order chi connectivity index (χ0) is 16.5. The van der Waals surface area contributed by atoms with Crippen molar-refractivity contribution in [3.8, 4) is 11.1 Å². The third-order valence-electron chi connectivity index (χ3n) is 4.49. The number of anilines is 1. The molecule has 0 spiro atoms. The Labute approximate surface area is 145 Å². The first-order valence-electron chi connectivity index (χ1n) is 7.88. The van der Waals surface area contributed by atoms with Gasteiger partial charge in [-0.3, -0.25) is 9.89 Å². The second-order valence-corrected chi connectivity index (χ2v) is 6.35. The SMILES string of the molecule is O=C1[C@H](c2ccc(Cl)cc2)CCN1c1ccc(-c2cn[nH]c2)cc1. The molecule has 0 aliphatic carbocycles. The minimum Gasteiger partial charge on any atom is -0.312 e. The first kappa shape index (κ1) is 15.0. The molecule has 1 fully saturated rings. The van der Waals surface area contributed by atoms with E-state index in [9.17, 15) is 4.79 Å². The van der Waals surface area contributed by atoms with Crippen molar-refractivity contribution in [2.75, 3.05) is 11.4 Å². The molecule has 1 atom stereocenters. The number of benzene rings is 2. The van der Waals surface area contributed by atoms with Crippen LogP contribution in [0, 0.1) is 0 Å². The summed E-state index contributed by atoms with van der Waals surface area (Å²) in [6.07, 6.45) is 4.46. The van der Waals surface area contributed by atoms with E-state index in [0.717, 1.165) is 35.3 Å². The van der Waals surface area contributed by atoms with Gasteiger partial charge in [0.15, 0.2) is 0 Å². The fraction of sp³-hybridized carbons (Fsp3) is 0.158. The van der Waals surface area contributed by atoms with Crippen LogP contribution in [0.3, 0.4) is 0 Å². The van der Waals surface area contributed by atoms with Gasteiger partial charge in [0.25, 0.3) is 0 Å². The van der Waals surface area contributed by atoms with Crippen LogP contribution in [0.15, 0.2) is 60.9 Å². The number of nitrogens with zero attached hydrogens (tertiary/aromatic N) is 2. The van der Waals surface area contributed by atoms with Gasteiger partial charge in [-0.15, -0.1) is 0 Å². The summed E-state index contributed by atoms with van der Waals surface area (Å²) in [7, 11) is 0. The second kappa shape index (κ2) is 6.13. The minimum absolute atomic E-state index is 0.0872. The van der Waals surface area contributed by atoms with Crippen molar-refractivity contribution in [2.24, 2.45) is 0 Å². The van der Waals surface area contributed by atoms with Gasteiger partial charge in [0.2, 0.25) is 5.91 Å². The van der Waals surface area contributed by atoms with Crippen molar-refractivity contribution >= 4 is 23.2 Å². The molecule has 1 amide bonds. The van der Waals surface area contributed by atoms with Gasteiger partial charge in [0.1, 0.15) is 0 Å². The number of nitrogens with one attached hydrogen (secondary N) is 1. The van der Waals surface area contributed by atoms with Gasteiger partial charge < -0.3 is 4.90 Å². The summed E-state index contributed by atoms with van der Waals surface area (Å²) in [6, 6.07) is 15.6. The molecule has 1 N–H and O–H groups in total. The summed E-state index contributed by atoms with van der Waals surface area (Å²) in [4.78, 5) is 14.6. The number of aromatic amines is 1. The molecule has 2 heterocycles. The lowest BCUT2D eigenvalue weighted by atomic mass is 9.98. The summed E-state index contributed by atoms with van der Waals surface area (Å²) in [5, 5.41) is 7.46. The number of amides is 1. The highest BCUT2D eigenvalue weighted by Gasteiger charge is 2.33. The second-order valence-electron chi connectivity index (χ2n) is 5.92. The Balaban J connectivity index is 1.55. The molecule has 1 aliphatic rings. The van der Waals surface area contributed by atoms with E-state index >= 15 is 0 Å². The Bertz CT molecular complexity index is 841. The normalized spacial score (nSPS) is 17.5. The molecule has 5 heteroatoms. The van der Waals surface area contributed by atoms with Crippen LogP contribution in [0.5, 0.6) is 0 Å². The molecule has 0 saturated carbocycles. The van der Waals surface area contributed by atoms with Crippen LogP contribution >= 0.6 is 11.6 Å². The molecule has 120 valence electrons. The molecule has 1 aromatic heterocycles. The molecule has 4 nitrogen and oxygen atoms in total. The number of rotatable bonds is 3. The van der Waals surface area contributed by atoms with Crippen LogP contribution in [0.4, 0.5) is 5.69 Å². The molecule has 4 rings (SSSR count). The number of carbonyl (C=O) groups excluding carboxylic acids is 1. The number of halogens is 1. The lowest BCUT2D eigenvalue weighted by Crippen LogP contribution is -2.26. The molecule has 24 heavy (non-hydrogen) atoms. The molecule has 2 aromatic carbocycles. The number of aromatic nitrogens is 2. The third-order valence-corrected chi connectivity index (χ3v) is 4.74. The predicted molar refractivity (Wildman–Crippen MR) is 95.2 cm³/mol. The maximum Gasteiger partial charge on any atom is 0.234 e. The molecule has 0 unspecified atom stereocenters. The standard InChI is InChI=1S/C19H16ClN3O/c20-16-5-1-14(2-6-16)18-9-10-23(19(18)24)17-7-3-13(4-8-17)15-11-21-22-12-15/h1-8,11-12,18H,9-10H2,(H,21,22)/t18-/m0/s1. The molecular weight excluding hydrogens is 322 g/mol. The lowest BCUT2D eigenvalue weighted by Gasteiger charge is -2.17. The van der Waals surface area contributed by atoms with E-state index < -0.39 is 0 Å². The minimum atomic E-state index is -0.0872. The summed E-state index contributed by atoms with van der Waals surface area (Å²) in [5.41, 5.74) is 4.08. The van der Waals surface area contributed by atoms with Crippen molar-refractivity contribution in [3.63, 3.8) is 0 Å². The molecule has 1 aliphatic heterocycles. The average Bonchev–Trinajstić information content (AvgIpc) is 3.26.